The van der Waals surface area contributed by atoms with E-state index < -0.39 is 41.3 Å². The molecule has 0 aromatic heterocycles. The van der Waals surface area contributed by atoms with Gasteiger partial charge < -0.3 is 15.1 Å². The minimum absolute atomic E-state index is 0.322. The lowest BCUT2D eigenvalue weighted by Crippen LogP contribution is -2.67. The molecule has 1 amide bonds. The summed E-state index contributed by atoms with van der Waals surface area (Å²) in [6, 6.07) is 6.15. The summed E-state index contributed by atoms with van der Waals surface area (Å²) in [6.45, 7) is 5.00. The van der Waals surface area contributed by atoms with Crippen LogP contribution in [0.25, 0.3) is 0 Å². The van der Waals surface area contributed by atoms with E-state index in [0.29, 0.717) is 12.0 Å². The van der Waals surface area contributed by atoms with Gasteiger partial charge in [0, 0.05) is 10.0 Å². The summed E-state index contributed by atoms with van der Waals surface area (Å²) in [5, 5.41) is 19.8. The zero-order valence-corrected chi connectivity index (χ0v) is 17.9. The third-order valence-corrected chi connectivity index (χ3v) is 5.81. The first-order chi connectivity index (χ1) is 13.0. The van der Waals surface area contributed by atoms with Crippen LogP contribution in [0.1, 0.15) is 56.8 Å². The Morgan fingerprint density at radius 2 is 1.75 bits per heavy atom. The molecule has 152 valence electrons. The van der Waals surface area contributed by atoms with Crippen molar-refractivity contribution in [2.75, 3.05) is 0 Å². The van der Waals surface area contributed by atoms with Crippen LogP contribution in [-0.4, -0.2) is 44.5 Å². The van der Waals surface area contributed by atoms with Gasteiger partial charge in [-0.2, -0.15) is 0 Å². The summed E-state index contributed by atoms with van der Waals surface area (Å²) in [5.41, 5.74) is -2.61. The molecule has 0 heterocycles. The van der Waals surface area contributed by atoms with E-state index in [1.165, 1.54) is 4.90 Å². The molecule has 0 fully saturated rings. The molecule has 0 bridgehead atoms. The highest BCUT2D eigenvalue weighted by atomic mass is 79.9. The van der Waals surface area contributed by atoms with Gasteiger partial charge in [-0.25, -0.2) is 4.79 Å². The van der Waals surface area contributed by atoms with Crippen molar-refractivity contribution < 1.29 is 24.6 Å². The number of aliphatic carboxylic acids is 2. The zero-order valence-electron chi connectivity index (χ0n) is 16.3. The Labute approximate surface area is 173 Å². The van der Waals surface area contributed by atoms with Gasteiger partial charge in [-0.15, -0.1) is 0 Å². The molecule has 0 saturated heterocycles. The minimum atomic E-state index is -1.91. The average Bonchev–Trinajstić information content (AvgIpc) is 2.61. The average molecular weight is 452 g/mol. The Morgan fingerprint density at radius 1 is 1.14 bits per heavy atom. The molecule has 0 spiro atoms. The lowest BCUT2D eigenvalue weighted by atomic mass is 9.69. The predicted octanol–water partition coefficient (Wildman–Crippen LogP) is 4.34. The Morgan fingerprint density at radius 3 is 2.18 bits per heavy atom. The van der Waals surface area contributed by atoms with Gasteiger partial charge in [0.15, 0.2) is 5.54 Å². The first-order valence-electron chi connectivity index (χ1n) is 9.22. The number of hydrogen-bond acceptors (Lipinski definition) is 3. The van der Waals surface area contributed by atoms with E-state index in [-0.39, 0.29) is 0 Å². The lowest BCUT2D eigenvalue weighted by Gasteiger charge is -2.51. The zero-order chi connectivity index (χ0) is 21.1. The lowest BCUT2D eigenvalue weighted by molar-refractivity contribution is -0.166. The van der Waals surface area contributed by atoms with Crippen LogP contribution in [0.15, 0.2) is 40.9 Å². The van der Waals surface area contributed by atoms with E-state index in [1.807, 2.05) is 12.2 Å². The van der Waals surface area contributed by atoms with Crippen molar-refractivity contribution in [2.24, 2.45) is 5.41 Å². The van der Waals surface area contributed by atoms with Gasteiger partial charge in [-0.3, -0.25) is 9.59 Å². The van der Waals surface area contributed by atoms with Crippen LogP contribution in [0, 0.1) is 5.41 Å². The highest BCUT2D eigenvalue weighted by molar-refractivity contribution is 9.10. The number of carbonyl (C=O) groups is 3. The van der Waals surface area contributed by atoms with E-state index >= 15 is 0 Å². The molecule has 2 rings (SSSR count). The molecule has 1 aliphatic carbocycles. The summed E-state index contributed by atoms with van der Waals surface area (Å²) in [6.07, 6.45) is 5.31. The SMILES string of the molecule is CC(C)(C)[C@](CC(=O)O)(C(=O)O)N(C(=O)c1ccc(Br)cc1)C1C=CCCC1. The molecule has 2 atom stereocenters. The van der Waals surface area contributed by atoms with E-state index in [1.54, 1.807) is 45.0 Å². The summed E-state index contributed by atoms with van der Waals surface area (Å²) in [4.78, 5) is 39.2. The molecule has 0 radical (unpaired) electrons. The van der Waals surface area contributed by atoms with Crippen molar-refractivity contribution in [1.82, 2.24) is 4.90 Å². The Hall–Kier alpha value is -2.15. The van der Waals surface area contributed by atoms with E-state index in [4.69, 9.17) is 0 Å². The maximum absolute atomic E-state index is 13.6. The third-order valence-electron chi connectivity index (χ3n) is 5.28. The summed E-state index contributed by atoms with van der Waals surface area (Å²) >= 11 is 3.33. The number of amides is 1. The smallest absolute Gasteiger partial charge is 0.330 e. The molecule has 1 aromatic carbocycles. The first kappa shape index (κ1) is 22.1. The fourth-order valence-corrected chi connectivity index (χ4v) is 4.04. The number of carboxylic acid groups (broad SMARTS) is 2. The van der Waals surface area contributed by atoms with Gasteiger partial charge in [-0.1, -0.05) is 48.9 Å². The van der Waals surface area contributed by atoms with E-state index in [2.05, 4.69) is 15.9 Å². The second kappa shape index (κ2) is 8.47. The number of halogens is 1. The van der Waals surface area contributed by atoms with Crippen molar-refractivity contribution in [1.29, 1.82) is 0 Å². The van der Waals surface area contributed by atoms with Crippen molar-refractivity contribution in [3.05, 3.63) is 46.5 Å². The molecule has 6 nitrogen and oxygen atoms in total. The quantitative estimate of drug-likeness (QED) is 0.626. The number of carbonyl (C=O) groups excluding carboxylic acids is 1. The molecule has 2 N–H and O–H groups in total. The maximum Gasteiger partial charge on any atom is 0.330 e. The summed E-state index contributed by atoms with van der Waals surface area (Å²) in [7, 11) is 0. The van der Waals surface area contributed by atoms with Gasteiger partial charge in [-0.05, 0) is 48.9 Å². The molecule has 7 heteroatoms. The minimum Gasteiger partial charge on any atom is -0.481 e. The van der Waals surface area contributed by atoms with Crippen LogP contribution in [0.5, 0.6) is 0 Å². The predicted molar refractivity (Wildman–Crippen MR) is 109 cm³/mol. The fourth-order valence-electron chi connectivity index (χ4n) is 3.78. The fraction of sp³-hybridized carbons (Fsp3) is 0.476. The molecular formula is C21H26BrNO5. The molecule has 28 heavy (non-hydrogen) atoms. The Bertz CT molecular complexity index is 781. The largest absolute Gasteiger partial charge is 0.481 e. The normalized spacial score (nSPS) is 18.9. The van der Waals surface area contributed by atoms with Crippen LogP contribution in [0.2, 0.25) is 0 Å². The topological polar surface area (TPSA) is 94.9 Å². The van der Waals surface area contributed by atoms with Crippen molar-refractivity contribution >= 4 is 33.8 Å². The van der Waals surface area contributed by atoms with Crippen LogP contribution < -0.4 is 0 Å². The van der Waals surface area contributed by atoms with Crippen LogP contribution in [0.3, 0.4) is 0 Å². The standard InChI is InChI=1S/C21H26BrNO5/c1-20(2,3)21(19(27)28,13-17(24)25)23(16-7-5-4-6-8-16)18(26)14-9-11-15(22)12-10-14/h5,7,9-12,16H,4,6,8,13H2,1-3H3,(H,24,25)(H,27,28)/t16?,21-/m0/s1. The highest BCUT2D eigenvalue weighted by Gasteiger charge is 2.58. The second-order valence-corrected chi connectivity index (χ2v) is 9.01. The van der Waals surface area contributed by atoms with Crippen LogP contribution in [0.4, 0.5) is 0 Å². The molecule has 0 saturated carbocycles. The summed E-state index contributed by atoms with van der Waals surface area (Å²) < 4.78 is 0.791. The molecule has 1 aliphatic rings. The first-order valence-corrected chi connectivity index (χ1v) is 10.0. The molecule has 0 aliphatic heterocycles. The third kappa shape index (κ3) is 4.29. The Kier molecular flexibility index (Phi) is 6.70. The molecule has 1 aromatic rings. The van der Waals surface area contributed by atoms with E-state index in [9.17, 15) is 24.6 Å². The number of rotatable bonds is 6. The Balaban J connectivity index is 2.71. The van der Waals surface area contributed by atoms with Gasteiger partial charge >= 0.3 is 11.9 Å². The van der Waals surface area contributed by atoms with Gasteiger partial charge in [0.2, 0.25) is 0 Å². The van der Waals surface area contributed by atoms with Crippen LogP contribution >= 0.6 is 15.9 Å². The van der Waals surface area contributed by atoms with Crippen LogP contribution in [-0.2, 0) is 9.59 Å². The number of benzene rings is 1. The van der Waals surface area contributed by atoms with Crippen molar-refractivity contribution in [3.8, 4) is 0 Å². The van der Waals surface area contributed by atoms with Crippen molar-refractivity contribution in [2.45, 2.75) is 58.0 Å². The number of carboxylic acids is 2. The summed E-state index contributed by atoms with van der Waals surface area (Å²) in [5.74, 6) is -3.06. The highest BCUT2D eigenvalue weighted by Crippen LogP contribution is 2.42. The van der Waals surface area contributed by atoms with Crippen molar-refractivity contribution in [3.63, 3.8) is 0 Å². The van der Waals surface area contributed by atoms with Gasteiger partial charge in [0.1, 0.15) is 0 Å². The van der Waals surface area contributed by atoms with Gasteiger partial charge in [0.05, 0.1) is 12.5 Å². The van der Waals surface area contributed by atoms with Gasteiger partial charge in [0.25, 0.3) is 5.91 Å². The maximum atomic E-state index is 13.6. The monoisotopic (exact) mass is 451 g/mol. The number of nitrogens with zero attached hydrogens (tertiary/aromatic N) is 1. The number of allylic oxidation sites excluding steroid dienone is 1. The van der Waals surface area contributed by atoms with E-state index in [0.717, 1.165) is 17.3 Å². The number of hydrogen-bond donors (Lipinski definition) is 2. The molecule has 1 unspecified atom stereocenters. The molecular weight excluding hydrogens is 426 g/mol. The second-order valence-electron chi connectivity index (χ2n) is 8.09.